The van der Waals surface area contributed by atoms with Crippen molar-refractivity contribution in [3.63, 3.8) is 0 Å². The van der Waals surface area contributed by atoms with Gasteiger partial charge in [0.25, 0.3) is 6.73 Å². The molecule has 0 spiro atoms. The highest BCUT2D eigenvalue weighted by atomic mass is 16.6. The van der Waals surface area contributed by atoms with Crippen LogP contribution in [0.15, 0.2) is 24.5 Å². The van der Waals surface area contributed by atoms with Crippen molar-refractivity contribution in [2.24, 2.45) is 5.92 Å². The van der Waals surface area contributed by atoms with Gasteiger partial charge in [-0.05, 0) is 18.4 Å². The van der Waals surface area contributed by atoms with E-state index in [0.717, 1.165) is 6.42 Å². The number of hydrogen-bond donors (Lipinski definition) is 0. The monoisotopic (exact) mass is 295 g/mol. The summed E-state index contributed by atoms with van der Waals surface area (Å²) in [5.74, 6) is 0.0793. The number of likely N-dealkylation sites (N-methyl/N-ethyl adjacent to an activating group) is 1. The van der Waals surface area contributed by atoms with Gasteiger partial charge >= 0.3 is 12.1 Å². The van der Waals surface area contributed by atoms with Crippen LogP contribution in [0.4, 0.5) is 4.79 Å². The van der Waals surface area contributed by atoms with Gasteiger partial charge in [-0.3, -0.25) is 4.79 Å². The van der Waals surface area contributed by atoms with Crippen LogP contribution in [0, 0.1) is 5.92 Å². The third-order valence-corrected chi connectivity index (χ3v) is 2.81. The molecule has 0 radical (unpaired) electrons. The predicted octanol–water partition coefficient (Wildman–Crippen LogP) is 1.37. The fourth-order valence-electron chi connectivity index (χ4n) is 1.81. The molecule has 0 bridgehead atoms. The van der Waals surface area contributed by atoms with E-state index in [1.165, 1.54) is 24.6 Å². The highest BCUT2D eigenvalue weighted by Crippen LogP contribution is 2.04. The van der Waals surface area contributed by atoms with E-state index in [2.05, 4.69) is 18.6 Å². The van der Waals surface area contributed by atoms with Crippen LogP contribution in [0.5, 0.6) is 0 Å². The summed E-state index contributed by atoms with van der Waals surface area (Å²) in [4.78, 5) is 24.0. The van der Waals surface area contributed by atoms with Crippen LogP contribution >= 0.6 is 0 Å². The van der Waals surface area contributed by atoms with Gasteiger partial charge in [0, 0.05) is 18.7 Å². The summed E-state index contributed by atoms with van der Waals surface area (Å²) in [6.07, 6.45) is 4.18. The van der Waals surface area contributed by atoms with Crippen molar-refractivity contribution in [3.05, 3.63) is 30.1 Å². The molecule has 1 amide bonds. The largest absolute Gasteiger partial charge is 0.468 e. The Bertz CT molecular complexity index is 488. The fourth-order valence-corrected chi connectivity index (χ4v) is 1.81. The topological polar surface area (TPSA) is 59.7 Å². The van der Waals surface area contributed by atoms with E-state index in [9.17, 15) is 9.59 Å². The Morgan fingerprint density at radius 3 is 2.71 bits per heavy atom. The molecule has 0 fully saturated rings. The molecule has 6 heteroatoms. The maximum absolute atomic E-state index is 11.7. The minimum Gasteiger partial charge on any atom is -0.468 e. The van der Waals surface area contributed by atoms with Crippen LogP contribution in [-0.4, -0.2) is 37.7 Å². The zero-order valence-electron chi connectivity index (χ0n) is 13.0. The highest BCUT2D eigenvalue weighted by molar-refractivity contribution is 5.77. The number of carbonyl (C=O) groups is 2. The lowest BCUT2D eigenvalue weighted by Crippen LogP contribution is -2.40. The molecular weight excluding hydrogens is 272 g/mol. The lowest BCUT2D eigenvalue weighted by Gasteiger charge is -2.14. The summed E-state index contributed by atoms with van der Waals surface area (Å²) in [6.45, 7) is 4.28. The summed E-state index contributed by atoms with van der Waals surface area (Å²) in [6, 6.07) is 3.96. The van der Waals surface area contributed by atoms with Crippen LogP contribution in [0.25, 0.3) is 0 Å². The van der Waals surface area contributed by atoms with Crippen molar-refractivity contribution >= 4 is 12.1 Å². The summed E-state index contributed by atoms with van der Waals surface area (Å²) in [5, 5.41) is 0. The number of esters is 1. The van der Waals surface area contributed by atoms with E-state index in [4.69, 9.17) is 4.74 Å². The third-order valence-electron chi connectivity index (χ3n) is 2.81. The summed E-state index contributed by atoms with van der Waals surface area (Å²) < 4.78 is 11.4. The number of pyridine rings is 1. The average Bonchev–Trinajstić information content (AvgIpc) is 2.44. The number of methoxy groups -OCH3 is 1. The lowest BCUT2D eigenvalue weighted by molar-refractivity contribution is -0.727. The van der Waals surface area contributed by atoms with E-state index in [-0.39, 0.29) is 13.3 Å². The van der Waals surface area contributed by atoms with Crippen molar-refractivity contribution in [2.45, 2.75) is 27.0 Å². The van der Waals surface area contributed by atoms with E-state index < -0.39 is 12.1 Å². The van der Waals surface area contributed by atoms with Crippen molar-refractivity contribution in [1.29, 1.82) is 0 Å². The Morgan fingerprint density at radius 1 is 1.38 bits per heavy atom. The minimum absolute atomic E-state index is 0.107. The molecule has 0 aliphatic rings. The van der Waals surface area contributed by atoms with Crippen molar-refractivity contribution < 1.29 is 23.6 Å². The maximum atomic E-state index is 11.7. The van der Waals surface area contributed by atoms with Gasteiger partial charge in [0.1, 0.15) is 6.54 Å². The van der Waals surface area contributed by atoms with Gasteiger partial charge in [0.05, 0.1) is 7.11 Å². The van der Waals surface area contributed by atoms with E-state index in [1.54, 1.807) is 4.57 Å². The Kier molecular flexibility index (Phi) is 6.65. The van der Waals surface area contributed by atoms with Gasteiger partial charge in [-0.15, -0.1) is 0 Å². The first kappa shape index (κ1) is 16.9. The lowest BCUT2D eigenvalue weighted by atomic mass is 10.1. The zero-order chi connectivity index (χ0) is 15.8. The van der Waals surface area contributed by atoms with Gasteiger partial charge < -0.3 is 14.4 Å². The van der Waals surface area contributed by atoms with Crippen LogP contribution < -0.4 is 4.57 Å². The molecule has 0 saturated heterocycles. The second-order valence-electron chi connectivity index (χ2n) is 5.30. The first-order valence-electron chi connectivity index (χ1n) is 6.85. The van der Waals surface area contributed by atoms with Crippen LogP contribution in [0.1, 0.15) is 19.4 Å². The summed E-state index contributed by atoms with van der Waals surface area (Å²) in [5.41, 5.74) is 1.19. The minimum atomic E-state index is -0.567. The van der Waals surface area contributed by atoms with Gasteiger partial charge in [-0.25, -0.2) is 4.79 Å². The van der Waals surface area contributed by atoms with Crippen molar-refractivity contribution in [2.75, 3.05) is 20.7 Å². The fraction of sp³-hybridized carbons (Fsp3) is 0.533. The number of hydrogen-bond acceptors (Lipinski definition) is 4. The predicted molar refractivity (Wildman–Crippen MR) is 76.3 cm³/mol. The SMILES string of the molecule is COC(=O)CN(C)C(=O)OC[n+]1cccc(CC(C)C)c1. The second kappa shape index (κ2) is 8.24. The average molecular weight is 295 g/mol. The number of amides is 1. The van der Waals surface area contributed by atoms with E-state index in [1.807, 2.05) is 24.5 Å². The first-order valence-corrected chi connectivity index (χ1v) is 6.85. The molecule has 21 heavy (non-hydrogen) atoms. The molecular formula is C15H23N2O4+. The molecule has 116 valence electrons. The number of ether oxygens (including phenoxy) is 2. The normalized spacial score (nSPS) is 10.3. The van der Waals surface area contributed by atoms with Crippen LogP contribution in [-0.2, 0) is 27.4 Å². The molecule has 0 unspecified atom stereocenters. The molecule has 6 nitrogen and oxygen atoms in total. The summed E-state index contributed by atoms with van der Waals surface area (Å²) >= 11 is 0. The molecule has 0 saturated carbocycles. The smallest absolute Gasteiger partial charge is 0.414 e. The second-order valence-corrected chi connectivity index (χ2v) is 5.30. The van der Waals surface area contributed by atoms with E-state index in [0.29, 0.717) is 5.92 Å². The quantitative estimate of drug-likeness (QED) is 0.587. The van der Waals surface area contributed by atoms with Gasteiger partial charge in [-0.2, -0.15) is 4.57 Å². The Labute approximate surface area is 125 Å². The zero-order valence-corrected chi connectivity index (χ0v) is 13.0. The molecule has 0 aliphatic heterocycles. The molecule has 0 aliphatic carbocycles. The number of nitrogens with zero attached hydrogens (tertiary/aromatic N) is 2. The number of rotatable bonds is 6. The van der Waals surface area contributed by atoms with E-state index >= 15 is 0 Å². The first-order chi connectivity index (χ1) is 9.92. The molecule has 1 aromatic rings. The molecule has 0 N–H and O–H groups in total. The number of aromatic nitrogens is 1. The van der Waals surface area contributed by atoms with Crippen molar-refractivity contribution in [1.82, 2.24) is 4.90 Å². The Balaban J connectivity index is 2.51. The van der Waals surface area contributed by atoms with Crippen LogP contribution in [0.2, 0.25) is 0 Å². The van der Waals surface area contributed by atoms with Crippen LogP contribution in [0.3, 0.4) is 0 Å². The van der Waals surface area contributed by atoms with Gasteiger partial charge in [0.15, 0.2) is 12.4 Å². The number of carbonyl (C=O) groups excluding carboxylic acids is 2. The molecule has 1 aromatic heterocycles. The maximum Gasteiger partial charge on any atom is 0.414 e. The highest BCUT2D eigenvalue weighted by Gasteiger charge is 2.16. The Morgan fingerprint density at radius 2 is 2.10 bits per heavy atom. The summed E-state index contributed by atoms with van der Waals surface area (Å²) in [7, 11) is 2.76. The van der Waals surface area contributed by atoms with Gasteiger partial charge in [-0.1, -0.05) is 13.8 Å². The van der Waals surface area contributed by atoms with Gasteiger partial charge in [0.2, 0.25) is 0 Å². The molecule has 1 heterocycles. The molecule has 0 atom stereocenters. The standard InChI is InChI=1S/C15H23N2O4/c1-12(2)8-13-6-5-7-17(9-13)11-21-15(19)16(3)10-14(18)20-4/h5-7,9,12H,8,10-11H2,1-4H3/q+1. The third kappa shape index (κ3) is 6.25. The molecule has 0 aromatic carbocycles. The van der Waals surface area contributed by atoms with Crippen molar-refractivity contribution in [3.8, 4) is 0 Å². The Hall–Kier alpha value is -2.11. The molecule has 1 rings (SSSR count).